The number of ether oxygens (including phenoxy) is 1. The van der Waals surface area contributed by atoms with Crippen LogP contribution < -0.4 is 10.9 Å². The van der Waals surface area contributed by atoms with Crippen molar-refractivity contribution in [1.29, 1.82) is 0 Å². The molecule has 2 aromatic carbocycles. The minimum atomic E-state index is -0.539. The zero-order chi connectivity index (χ0) is 24.9. The second kappa shape index (κ2) is 9.00. The van der Waals surface area contributed by atoms with Crippen molar-refractivity contribution in [3.05, 3.63) is 85.7 Å². The van der Waals surface area contributed by atoms with Crippen LogP contribution in [0.3, 0.4) is 0 Å². The van der Waals surface area contributed by atoms with Crippen molar-refractivity contribution in [3.63, 3.8) is 0 Å². The molecule has 10 heteroatoms. The number of fused-ring (bicyclic) bond motifs is 2. The second-order valence-corrected chi connectivity index (χ2v) is 10.8. The summed E-state index contributed by atoms with van der Waals surface area (Å²) in [5, 5.41) is 3.42. The van der Waals surface area contributed by atoms with Crippen LogP contribution in [0.25, 0.3) is 21.3 Å². The Morgan fingerprint density at radius 2 is 2.03 bits per heavy atom. The average molecular weight is 559 g/mol. The van der Waals surface area contributed by atoms with E-state index >= 15 is 0 Å². The zero-order valence-corrected chi connectivity index (χ0v) is 21.2. The number of carbonyl (C=O) groups excluding carboxylic acids is 2. The molecule has 5 rings (SSSR count). The number of benzene rings is 2. The number of hydrogen-bond acceptors (Lipinski definition) is 4. The van der Waals surface area contributed by atoms with Gasteiger partial charge in [0.25, 0.3) is 0 Å². The first kappa shape index (κ1) is 23.4. The van der Waals surface area contributed by atoms with E-state index in [1.54, 1.807) is 50.3 Å². The number of aromatic amines is 1. The molecular weight excluding hydrogens is 540 g/mol. The number of amides is 1. The number of carbonyl (C=O) groups is 2. The Balaban J connectivity index is 1.35. The Hall–Kier alpha value is -3.39. The van der Waals surface area contributed by atoms with Gasteiger partial charge in [0.05, 0.1) is 0 Å². The van der Waals surface area contributed by atoms with Gasteiger partial charge in [-0.15, -0.1) is 0 Å². The molecule has 178 valence electrons. The predicted octanol–water partition coefficient (Wildman–Crippen LogP) is 4.15. The normalized spacial score (nSPS) is 13.9. The second-order valence-electron chi connectivity index (χ2n) is 8.11. The molecule has 0 spiro atoms. The summed E-state index contributed by atoms with van der Waals surface area (Å²) in [6.07, 6.45) is 1.69. The van der Waals surface area contributed by atoms with Gasteiger partial charge in [-0.25, -0.2) is 0 Å². The standard InChI is InChI=1S/C25H19ClFN3O4Se/c1-12-19(11-16-15-10-14(26)6-7-18(15)29-23(16)31)28-13(2)21(12)25(33)34-9-8-30-24(32)22-17(27)4-3-5-20(22)35-30/h3-7,10-11,28H,8-9H2,1-2H3,(H,29,31)/b16-11-. The molecule has 0 aliphatic carbocycles. The van der Waals surface area contributed by atoms with Gasteiger partial charge in [0, 0.05) is 5.02 Å². The van der Waals surface area contributed by atoms with Crippen molar-refractivity contribution >= 4 is 65.2 Å². The van der Waals surface area contributed by atoms with Gasteiger partial charge in [-0.3, -0.25) is 0 Å². The number of hydrogen-bond donors (Lipinski definition) is 2. The predicted molar refractivity (Wildman–Crippen MR) is 134 cm³/mol. The molecule has 1 aliphatic heterocycles. The molecule has 0 saturated heterocycles. The summed E-state index contributed by atoms with van der Waals surface area (Å²) < 4.78 is 21.6. The van der Waals surface area contributed by atoms with Crippen LogP contribution in [0.2, 0.25) is 5.02 Å². The molecule has 2 N–H and O–H groups in total. The summed E-state index contributed by atoms with van der Waals surface area (Å²) in [5.41, 5.74) is 3.63. The van der Waals surface area contributed by atoms with E-state index < -0.39 is 11.8 Å². The third-order valence-corrected chi connectivity index (χ3v) is 8.44. The maximum atomic E-state index is 14.0. The molecule has 1 amide bonds. The molecule has 0 unspecified atom stereocenters. The summed E-state index contributed by atoms with van der Waals surface area (Å²) in [4.78, 5) is 41.0. The van der Waals surface area contributed by atoms with Crippen LogP contribution >= 0.6 is 11.6 Å². The first-order chi connectivity index (χ1) is 16.7. The van der Waals surface area contributed by atoms with Crippen molar-refractivity contribution < 1.29 is 18.7 Å². The van der Waals surface area contributed by atoms with Crippen LogP contribution in [-0.4, -0.2) is 41.8 Å². The molecule has 3 heterocycles. The monoisotopic (exact) mass is 559 g/mol. The Kier molecular flexibility index (Phi) is 6.00. The molecule has 0 bridgehead atoms. The fourth-order valence-electron chi connectivity index (χ4n) is 4.19. The van der Waals surface area contributed by atoms with Crippen molar-refractivity contribution in [2.24, 2.45) is 0 Å². The fourth-order valence-corrected chi connectivity index (χ4v) is 6.44. The molecule has 0 atom stereocenters. The molecule has 2 aromatic heterocycles. The van der Waals surface area contributed by atoms with Gasteiger partial charge in [0.2, 0.25) is 0 Å². The van der Waals surface area contributed by atoms with E-state index in [0.29, 0.717) is 48.6 Å². The topological polar surface area (TPSA) is 93.2 Å². The van der Waals surface area contributed by atoms with Gasteiger partial charge >= 0.3 is 182 Å². The van der Waals surface area contributed by atoms with Gasteiger partial charge in [-0.2, -0.15) is 0 Å². The van der Waals surface area contributed by atoms with Crippen molar-refractivity contribution in [3.8, 4) is 0 Å². The van der Waals surface area contributed by atoms with E-state index in [9.17, 15) is 18.8 Å². The van der Waals surface area contributed by atoms with Crippen LogP contribution in [0.4, 0.5) is 10.1 Å². The first-order valence-corrected chi connectivity index (χ1v) is 12.7. The number of H-pyrrole nitrogens is 1. The van der Waals surface area contributed by atoms with Crippen molar-refractivity contribution in [1.82, 2.24) is 8.55 Å². The number of halogens is 2. The number of anilines is 1. The van der Waals surface area contributed by atoms with Crippen LogP contribution in [-0.2, 0) is 16.1 Å². The van der Waals surface area contributed by atoms with Crippen molar-refractivity contribution in [2.75, 3.05) is 11.9 Å². The Morgan fingerprint density at radius 3 is 2.80 bits per heavy atom. The Morgan fingerprint density at radius 1 is 1.23 bits per heavy atom. The van der Waals surface area contributed by atoms with E-state index in [1.165, 1.54) is 9.63 Å². The van der Waals surface area contributed by atoms with Crippen LogP contribution in [0.15, 0.2) is 41.2 Å². The first-order valence-electron chi connectivity index (χ1n) is 10.7. The third kappa shape index (κ3) is 4.16. The SMILES string of the molecule is Cc1[nH]c(/C=C2\C(=O)Nc3ccc(Cl)cc32)c(C)c1C(=O)OCCn1[se]c2cccc(F)c2c1=O. The maximum absolute atomic E-state index is 14.0. The number of aryl methyl sites for hydroxylation is 1. The number of nitrogens with one attached hydrogen (secondary N) is 2. The summed E-state index contributed by atoms with van der Waals surface area (Å²) in [5.74, 6) is -1.33. The van der Waals surface area contributed by atoms with E-state index in [4.69, 9.17) is 16.3 Å². The quantitative estimate of drug-likeness (QED) is 0.219. The van der Waals surface area contributed by atoms with Crippen LogP contribution in [0, 0.1) is 19.7 Å². The summed E-state index contributed by atoms with van der Waals surface area (Å²) in [6.45, 7) is 3.68. The van der Waals surface area contributed by atoms with E-state index in [2.05, 4.69) is 10.3 Å². The number of rotatable bonds is 5. The van der Waals surface area contributed by atoms with Gasteiger partial charge in [-0.1, -0.05) is 11.6 Å². The molecule has 4 aromatic rings. The van der Waals surface area contributed by atoms with Gasteiger partial charge in [0.15, 0.2) is 0 Å². The fraction of sp³-hybridized carbons (Fsp3) is 0.160. The van der Waals surface area contributed by atoms with Gasteiger partial charge in [-0.05, 0) is 12.1 Å². The van der Waals surface area contributed by atoms with Gasteiger partial charge < -0.3 is 0 Å². The molecule has 35 heavy (non-hydrogen) atoms. The Bertz CT molecular complexity index is 1610. The molecule has 1 aliphatic rings. The zero-order valence-electron chi connectivity index (χ0n) is 18.7. The summed E-state index contributed by atoms with van der Waals surface area (Å²) >= 11 is 5.74. The minimum absolute atomic E-state index is 0.0172. The van der Waals surface area contributed by atoms with E-state index in [1.807, 2.05) is 0 Å². The van der Waals surface area contributed by atoms with E-state index in [-0.39, 0.29) is 44.7 Å². The summed E-state index contributed by atoms with van der Waals surface area (Å²) in [6, 6.07) is 9.75. The molecule has 7 nitrogen and oxygen atoms in total. The van der Waals surface area contributed by atoms with E-state index in [0.717, 1.165) is 0 Å². The average Bonchev–Trinajstić information content (AvgIpc) is 3.40. The van der Waals surface area contributed by atoms with Crippen molar-refractivity contribution in [2.45, 2.75) is 20.4 Å². The molecular formula is C25H19ClFN3O4Se. The van der Waals surface area contributed by atoms with Gasteiger partial charge in [0.1, 0.15) is 0 Å². The third-order valence-electron chi connectivity index (χ3n) is 5.89. The number of aromatic nitrogens is 2. The van der Waals surface area contributed by atoms with Crippen LogP contribution in [0.5, 0.6) is 0 Å². The molecule has 0 fully saturated rings. The number of nitrogens with zero attached hydrogens (tertiary/aromatic N) is 1. The number of esters is 1. The molecule has 0 radical (unpaired) electrons. The van der Waals surface area contributed by atoms with Crippen LogP contribution in [0.1, 0.15) is 32.9 Å². The summed E-state index contributed by atoms with van der Waals surface area (Å²) in [7, 11) is 0. The Labute approximate surface area is 210 Å². The molecule has 0 saturated carbocycles.